The predicted molar refractivity (Wildman–Crippen MR) is 118 cm³/mol. The quantitative estimate of drug-likeness (QED) is 0.318. The monoisotopic (exact) mass is 462 g/mol. The summed E-state index contributed by atoms with van der Waals surface area (Å²) in [5, 5.41) is 6.83. The lowest BCUT2D eigenvalue weighted by atomic mass is 10.1. The molecule has 6 heteroatoms. The number of methoxy groups -OCH3 is 1. The fourth-order valence-electron chi connectivity index (χ4n) is 2.69. The Morgan fingerprint density at radius 2 is 1.92 bits per heavy atom. The molecule has 0 radical (unpaired) electrons. The van der Waals surface area contributed by atoms with Crippen molar-refractivity contribution >= 4 is 29.9 Å². The minimum absolute atomic E-state index is 0. The van der Waals surface area contributed by atoms with Gasteiger partial charge in [-0.25, -0.2) is 0 Å². The minimum atomic E-state index is 0. The number of benzene rings is 1. The number of aliphatic imine (C=N–C) groups is 1. The molecule has 144 valence electrons. The molecule has 0 aliphatic heterocycles. The molecular formula is C19H35IN4O. The lowest BCUT2D eigenvalue weighted by molar-refractivity contribution is 0.292. The highest BCUT2D eigenvalue weighted by Gasteiger charge is 2.08. The van der Waals surface area contributed by atoms with Crippen LogP contribution in [-0.2, 0) is 6.54 Å². The highest BCUT2D eigenvalue weighted by molar-refractivity contribution is 14.0. The van der Waals surface area contributed by atoms with Crippen molar-refractivity contribution in [3.8, 4) is 5.75 Å². The van der Waals surface area contributed by atoms with Crippen molar-refractivity contribution in [2.75, 3.05) is 33.8 Å². The third kappa shape index (κ3) is 9.30. The van der Waals surface area contributed by atoms with E-state index in [0.717, 1.165) is 43.3 Å². The molecule has 5 nitrogen and oxygen atoms in total. The smallest absolute Gasteiger partial charge is 0.191 e. The molecule has 1 unspecified atom stereocenters. The number of ether oxygens (including phenoxy) is 1. The Kier molecular flexibility index (Phi) is 13.6. The first-order chi connectivity index (χ1) is 11.6. The summed E-state index contributed by atoms with van der Waals surface area (Å²) in [6, 6.07) is 8.43. The average molecular weight is 462 g/mol. The summed E-state index contributed by atoms with van der Waals surface area (Å²) >= 11 is 0. The van der Waals surface area contributed by atoms with Crippen LogP contribution in [0.2, 0.25) is 0 Å². The molecule has 0 saturated carbocycles. The van der Waals surface area contributed by atoms with Crippen molar-refractivity contribution in [2.24, 2.45) is 4.99 Å². The molecule has 0 fully saturated rings. The van der Waals surface area contributed by atoms with Gasteiger partial charge in [0, 0.05) is 25.2 Å². The Labute approximate surface area is 170 Å². The van der Waals surface area contributed by atoms with Gasteiger partial charge < -0.3 is 20.3 Å². The van der Waals surface area contributed by atoms with Crippen LogP contribution in [0.5, 0.6) is 5.75 Å². The van der Waals surface area contributed by atoms with Gasteiger partial charge in [0.15, 0.2) is 5.96 Å². The number of hydrogen-bond donors (Lipinski definition) is 2. The minimum Gasteiger partial charge on any atom is -0.496 e. The summed E-state index contributed by atoms with van der Waals surface area (Å²) in [5.74, 6) is 1.73. The van der Waals surface area contributed by atoms with E-state index in [-0.39, 0.29) is 24.0 Å². The third-order valence-corrected chi connectivity index (χ3v) is 4.25. The van der Waals surface area contributed by atoms with Crippen molar-refractivity contribution in [3.63, 3.8) is 0 Å². The average Bonchev–Trinajstić information content (AvgIpc) is 2.62. The second kappa shape index (κ2) is 14.2. The largest absolute Gasteiger partial charge is 0.496 e. The maximum atomic E-state index is 5.38. The molecule has 0 amide bonds. The van der Waals surface area contributed by atoms with Crippen molar-refractivity contribution in [1.29, 1.82) is 0 Å². The van der Waals surface area contributed by atoms with Gasteiger partial charge in [0.05, 0.1) is 7.11 Å². The summed E-state index contributed by atoms with van der Waals surface area (Å²) in [4.78, 5) is 6.78. The van der Waals surface area contributed by atoms with Crippen LogP contribution in [0.25, 0.3) is 0 Å². The Balaban J connectivity index is 0.00000576. The van der Waals surface area contributed by atoms with Crippen LogP contribution in [0, 0.1) is 0 Å². The molecule has 0 heterocycles. The molecular weight excluding hydrogens is 427 g/mol. The predicted octanol–water partition coefficient (Wildman–Crippen LogP) is 3.49. The molecule has 1 atom stereocenters. The van der Waals surface area contributed by atoms with Gasteiger partial charge in [-0.15, -0.1) is 24.0 Å². The van der Waals surface area contributed by atoms with Gasteiger partial charge in [-0.2, -0.15) is 0 Å². The first-order valence-electron chi connectivity index (χ1n) is 8.95. The number of rotatable bonds is 10. The number of nitrogens with one attached hydrogen (secondary N) is 2. The van der Waals surface area contributed by atoms with E-state index in [2.05, 4.69) is 47.4 Å². The maximum absolute atomic E-state index is 5.38. The van der Waals surface area contributed by atoms with E-state index in [0.29, 0.717) is 12.6 Å². The zero-order chi connectivity index (χ0) is 17.8. The van der Waals surface area contributed by atoms with Gasteiger partial charge in [0.25, 0.3) is 0 Å². The molecule has 1 aromatic carbocycles. The van der Waals surface area contributed by atoms with E-state index in [9.17, 15) is 0 Å². The SMILES string of the molecule is CCN(CC)CCCC(C)NC(=NC)NCc1ccccc1OC.I. The number of para-hydroxylation sites is 1. The molecule has 0 saturated heterocycles. The number of nitrogens with zero attached hydrogens (tertiary/aromatic N) is 2. The molecule has 0 spiro atoms. The Hall–Kier alpha value is -1.02. The van der Waals surface area contributed by atoms with Gasteiger partial charge in [-0.1, -0.05) is 32.0 Å². The Bertz CT molecular complexity index is 492. The van der Waals surface area contributed by atoms with E-state index in [1.165, 1.54) is 6.42 Å². The molecule has 0 aliphatic rings. The van der Waals surface area contributed by atoms with Crippen LogP contribution in [0.3, 0.4) is 0 Å². The van der Waals surface area contributed by atoms with E-state index < -0.39 is 0 Å². The van der Waals surface area contributed by atoms with E-state index in [1.54, 1.807) is 14.2 Å². The zero-order valence-electron chi connectivity index (χ0n) is 16.3. The van der Waals surface area contributed by atoms with Crippen LogP contribution in [-0.4, -0.2) is 50.7 Å². The van der Waals surface area contributed by atoms with Crippen molar-refractivity contribution in [2.45, 2.75) is 46.2 Å². The summed E-state index contributed by atoms with van der Waals surface area (Å²) in [6.45, 7) is 10.7. The van der Waals surface area contributed by atoms with Crippen molar-refractivity contribution in [3.05, 3.63) is 29.8 Å². The normalized spacial score (nSPS) is 12.5. The number of guanidine groups is 1. The molecule has 0 aliphatic carbocycles. The molecule has 1 aromatic rings. The third-order valence-electron chi connectivity index (χ3n) is 4.25. The maximum Gasteiger partial charge on any atom is 0.191 e. The molecule has 0 bridgehead atoms. The highest BCUT2D eigenvalue weighted by Crippen LogP contribution is 2.16. The molecule has 0 aromatic heterocycles. The standard InChI is InChI=1S/C19H34N4O.HI/c1-6-23(7-2)14-10-11-16(3)22-19(20-4)21-15-17-12-8-9-13-18(17)24-5;/h8-9,12-13,16H,6-7,10-11,14-15H2,1-5H3,(H2,20,21,22);1H. The Morgan fingerprint density at radius 3 is 2.52 bits per heavy atom. The Morgan fingerprint density at radius 1 is 1.24 bits per heavy atom. The summed E-state index contributed by atoms with van der Waals surface area (Å²) < 4.78 is 5.38. The van der Waals surface area contributed by atoms with Crippen LogP contribution in [0.15, 0.2) is 29.3 Å². The van der Waals surface area contributed by atoms with Crippen LogP contribution in [0.4, 0.5) is 0 Å². The fraction of sp³-hybridized carbons (Fsp3) is 0.632. The lowest BCUT2D eigenvalue weighted by Gasteiger charge is -2.21. The van der Waals surface area contributed by atoms with Gasteiger partial charge in [-0.3, -0.25) is 4.99 Å². The topological polar surface area (TPSA) is 48.9 Å². The fourth-order valence-corrected chi connectivity index (χ4v) is 2.69. The first kappa shape index (κ1) is 24.0. The molecule has 25 heavy (non-hydrogen) atoms. The molecule has 1 rings (SSSR count). The highest BCUT2D eigenvalue weighted by atomic mass is 127. The van der Waals surface area contributed by atoms with Gasteiger partial charge in [0.2, 0.25) is 0 Å². The van der Waals surface area contributed by atoms with Gasteiger partial charge in [0.1, 0.15) is 5.75 Å². The second-order valence-corrected chi connectivity index (χ2v) is 5.95. The first-order valence-corrected chi connectivity index (χ1v) is 8.95. The van der Waals surface area contributed by atoms with E-state index >= 15 is 0 Å². The second-order valence-electron chi connectivity index (χ2n) is 5.95. The van der Waals surface area contributed by atoms with E-state index in [1.807, 2.05) is 18.2 Å². The number of hydrogen-bond acceptors (Lipinski definition) is 3. The van der Waals surface area contributed by atoms with Gasteiger partial charge >= 0.3 is 0 Å². The van der Waals surface area contributed by atoms with Crippen LogP contribution >= 0.6 is 24.0 Å². The van der Waals surface area contributed by atoms with Crippen LogP contribution in [0.1, 0.15) is 39.2 Å². The number of halogens is 1. The summed E-state index contributed by atoms with van der Waals surface area (Å²) in [6.07, 6.45) is 2.32. The van der Waals surface area contributed by atoms with Crippen molar-refractivity contribution < 1.29 is 4.74 Å². The zero-order valence-corrected chi connectivity index (χ0v) is 18.7. The van der Waals surface area contributed by atoms with Gasteiger partial charge in [-0.05, 0) is 45.5 Å². The lowest BCUT2D eigenvalue weighted by Crippen LogP contribution is -2.42. The summed E-state index contributed by atoms with van der Waals surface area (Å²) in [7, 11) is 3.50. The van der Waals surface area contributed by atoms with Crippen molar-refractivity contribution in [1.82, 2.24) is 15.5 Å². The molecule has 2 N–H and O–H groups in total. The summed E-state index contributed by atoms with van der Waals surface area (Å²) in [5.41, 5.74) is 1.12. The van der Waals surface area contributed by atoms with Crippen LogP contribution < -0.4 is 15.4 Å². The van der Waals surface area contributed by atoms with E-state index in [4.69, 9.17) is 4.74 Å².